The van der Waals surface area contributed by atoms with Crippen LogP contribution in [0.4, 0.5) is 0 Å². The molecule has 0 aromatic carbocycles. The van der Waals surface area contributed by atoms with Crippen molar-refractivity contribution in [2.75, 3.05) is 39.3 Å². The van der Waals surface area contributed by atoms with E-state index in [1.54, 1.807) is 0 Å². The van der Waals surface area contributed by atoms with Crippen LogP contribution in [0.3, 0.4) is 0 Å². The summed E-state index contributed by atoms with van der Waals surface area (Å²) in [4.78, 5) is 9.44. The smallest absolute Gasteiger partial charge is 0.189 e. The topological polar surface area (TPSA) is 56.9 Å². The maximum atomic E-state index is 5.89. The van der Waals surface area contributed by atoms with Crippen molar-refractivity contribution in [1.82, 2.24) is 15.1 Å². The zero-order chi connectivity index (χ0) is 14.5. The summed E-state index contributed by atoms with van der Waals surface area (Å²) >= 11 is 0. The third-order valence-corrected chi connectivity index (χ3v) is 3.51. The number of likely N-dealkylation sites (N-methyl/N-ethyl adjacent to an activating group) is 1. The van der Waals surface area contributed by atoms with Crippen molar-refractivity contribution in [1.29, 1.82) is 0 Å². The molecule has 1 atom stereocenters. The number of aliphatic imine (C=N–C) groups is 1. The Morgan fingerprint density at radius 1 is 1.25 bits per heavy atom. The molecule has 0 bridgehead atoms. The fourth-order valence-corrected chi connectivity index (χ4v) is 2.29. The maximum Gasteiger partial charge on any atom is 0.189 e. The molecular formula is C14H32IN5. The van der Waals surface area contributed by atoms with E-state index < -0.39 is 0 Å². The molecule has 0 aromatic heterocycles. The van der Waals surface area contributed by atoms with Gasteiger partial charge in [0.2, 0.25) is 0 Å². The van der Waals surface area contributed by atoms with Gasteiger partial charge >= 0.3 is 0 Å². The predicted molar refractivity (Wildman–Crippen MR) is 97.9 cm³/mol. The molecule has 0 saturated carbocycles. The highest BCUT2D eigenvalue weighted by atomic mass is 127. The number of nitrogens with zero attached hydrogens (tertiary/aromatic N) is 3. The van der Waals surface area contributed by atoms with Crippen LogP contribution in [0.1, 0.15) is 34.6 Å². The Morgan fingerprint density at radius 3 is 2.25 bits per heavy atom. The Kier molecular flexibility index (Phi) is 9.01. The highest BCUT2D eigenvalue weighted by molar-refractivity contribution is 14.0. The van der Waals surface area contributed by atoms with Crippen molar-refractivity contribution in [3.63, 3.8) is 0 Å². The molecule has 0 aliphatic carbocycles. The summed E-state index contributed by atoms with van der Waals surface area (Å²) in [6, 6.07) is 0.458. The average Bonchev–Trinajstić information content (AvgIpc) is 2.34. The number of nitrogens with one attached hydrogen (secondary N) is 1. The van der Waals surface area contributed by atoms with Crippen LogP contribution in [0.15, 0.2) is 4.99 Å². The molecule has 5 nitrogen and oxygen atoms in total. The van der Waals surface area contributed by atoms with Gasteiger partial charge in [0.1, 0.15) is 0 Å². The van der Waals surface area contributed by atoms with Crippen LogP contribution < -0.4 is 11.1 Å². The number of guanidine groups is 1. The molecule has 0 radical (unpaired) electrons. The van der Waals surface area contributed by atoms with Gasteiger partial charge in [0.05, 0.1) is 6.54 Å². The van der Waals surface area contributed by atoms with Crippen molar-refractivity contribution in [3.05, 3.63) is 0 Å². The van der Waals surface area contributed by atoms with Crippen molar-refractivity contribution < 1.29 is 0 Å². The van der Waals surface area contributed by atoms with E-state index in [0.29, 0.717) is 12.0 Å². The Morgan fingerprint density at radius 2 is 1.80 bits per heavy atom. The van der Waals surface area contributed by atoms with Gasteiger partial charge in [-0.25, -0.2) is 0 Å². The van der Waals surface area contributed by atoms with Gasteiger partial charge in [-0.3, -0.25) is 9.89 Å². The largest absolute Gasteiger partial charge is 0.370 e. The van der Waals surface area contributed by atoms with Gasteiger partial charge < -0.3 is 16.0 Å². The summed E-state index contributed by atoms with van der Waals surface area (Å²) in [5.41, 5.74) is 5.87. The molecule has 120 valence electrons. The van der Waals surface area contributed by atoms with Gasteiger partial charge in [-0.2, -0.15) is 0 Å². The lowest BCUT2D eigenvalue weighted by Crippen LogP contribution is -2.50. The monoisotopic (exact) mass is 397 g/mol. The van der Waals surface area contributed by atoms with Crippen molar-refractivity contribution in [2.45, 2.75) is 46.2 Å². The summed E-state index contributed by atoms with van der Waals surface area (Å²) < 4.78 is 0. The van der Waals surface area contributed by atoms with E-state index in [2.05, 4.69) is 54.7 Å². The molecule has 1 saturated heterocycles. The van der Waals surface area contributed by atoms with Gasteiger partial charge in [-0.15, -0.1) is 24.0 Å². The fourth-order valence-electron chi connectivity index (χ4n) is 2.29. The van der Waals surface area contributed by atoms with E-state index in [0.717, 1.165) is 26.2 Å². The van der Waals surface area contributed by atoms with Crippen LogP contribution in [0.2, 0.25) is 0 Å². The molecule has 1 heterocycles. The number of piperazine rings is 1. The second-order valence-electron chi connectivity index (χ2n) is 6.42. The van der Waals surface area contributed by atoms with Crippen LogP contribution in [-0.4, -0.2) is 66.6 Å². The minimum Gasteiger partial charge on any atom is -0.370 e. The van der Waals surface area contributed by atoms with Crippen molar-refractivity contribution in [2.24, 2.45) is 10.7 Å². The van der Waals surface area contributed by atoms with Gasteiger partial charge in [0.15, 0.2) is 5.96 Å². The summed E-state index contributed by atoms with van der Waals surface area (Å²) in [6.07, 6.45) is 0. The van der Waals surface area contributed by atoms with Crippen molar-refractivity contribution in [3.8, 4) is 0 Å². The second kappa shape index (κ2) is 9.04. The molecule has 1 rings (SSSR count). The molecule has 1 aliphatic rings. The number of nitrogens with two attached hydrogens (primary N) is 1. The first-order chi connectivity index (χ1) is 8.81. The number of hydrogen-bond donors (Lipinski definition) is 2. The Bertz CT molecular complexity index is 292. The summed E-state index contributed by atoms with van der Waals surface area (Å²) in [5.74, 6) is 0.548. The minimum absolute atomic E-state index is 0. The molecule has 3 N–H and O–H groups in total. The zero-order valence-corrected chi connectivity index (χ0v) is 16.0. The second-order valence-corrected chi connectivity index (χ2v) is 6.42. The molecular weight excluding hydrogens is 365 g/mol. The Labute approximate surface area is 141 Å². The minimum atomic E-state index is -0.0242. The van der Waals surface area contributed by atoms with E-state index in [9.17, 15) is 0 Å². The predicted octanol–water partition coefficient (Wildman–Crippen LogP) is 1.33. The van der Waals surface area contributed by atoms with E-state index in [4.69, 9.17) is 5.73 Å². The van der Waals surface area contributed by atoms with Gasteiger partial charge in [-0.05, 0) is 34.2 Å². The third kappa shape index (κ3) is 7.64. The van der Waals surface area contributed by atoms with Crippen LogP contribution in [0.5, 0.6) is 0 Å². The molecule has 0 amide bonds. The van der Waals surface area contributed by atoms with Crippen LogP contribution in [-0.2, 0) is 0 Å². The first kappa shape index (κ1) is 19.9. The average molecular weight is 397 g/mol. The Balaban J connectivity index is 0.00000361. The van der Waals surface area contributed by atoms with E-state index in [1.165, 1.54) is 13.1 Å². The molecule has 1 aliphatic heterocycles. The van der Waals surface area contributed by atoms with E-state index >= 15 is 0 Å². The molecule has 0 spiro atoms. The SMILES string of the molecule is CCN1CCN(C(C)CN=C(N)NC(C)(C)C)CC1.I. The lowest BCUT2D eigenvalue weighted by atomic mass is 10.1. The summed E-state index contributed by atoms with van der Waals surface area (Å²) in [5, 5.41) is 3.19. The maximum absolute atomic E-state index is 5.89. The van der Waals surface area contributed by atoms with E-state index in [-0.39, 0.29) is 29.5 Å². The summed E-state index contributed by atoms with van der Waals surface area (Å²) in [7, 11) is 0. The van der Waals surface area contributed by atoms with E-state index in [1.807, 2.05) is 0 Å². The first-order valence-corrected chi connectivity index (χ1v) is 7.36. The lowest BCUT2D eigenvalue weighted by Gasteiger charge is -2.37. The lowest BCUT2D eigenvalue weighted by molar-refractivity contribution is 0.109. The Hall–Kier alpha value is -0.0800. The highest BCUT2D eigenvalue weighted by Gasteiger charge is 2.20. The number of halogens is 1. The third-order valence-electron chi connectivity index (χ3n) is 3.51. The number of rotatable bonds is 4. The quantitative estimate of drug-likeness (QED) is 0.427. The summed E-state index contributed by atoms with van der Waals surface area (Å²) in [6.45, 7) is 17.2. The molecule has 6 heteroatoms. The zero-order valence-electron chi connectivity index (χ0n) is 13.6. The number of hydrogen-bond acceptors (Lipinski definition) is 3. The highest BCUT2D eigenvalue weighted by Crippen LogP contribution is 2.06. The normalized spacial score (nSPS) is 20.4. The standard InChI is InChI=1S/C14H31N5.HI/c1-6-18-7-9-19(10-8-18)12(2)11-16-13(15)17-14(3,4)5;/h12H,6-11H2,1-5H3,(H3,15,16,17);1H. The molecule has 1 unspecified atom stereocenters. The van der Waals surface area contributed by atoms with Gasteiger partial charge in [0, 0.05) is 37.8 Å². The van der Waals surface area contributed by atoms with Crippen LogP contribution in [0, 0.1) is 0 Å². The first-order valence-electron chi connectivity index (χ1n) is 7.36. The van der Waals surface area contributed by atoms with Crippen molar-refractivity contribution >= 4 is 29.9 Å². The molecule has 20 heavy (non-hydrogen) atoms. The molecule has 0 aromatic rings. The van der Waals surface area contributed by atoms with Gasteiger partial charge in [-0.1, -0.05) is 6.92 Å². The van der Waals surface area contributed by atoms with Crippen LogP contribution in [0.25, 0.3) is 0 Å². The van der Waals surface area contributed by atoms with Gasteiger partial charge in [0.25, 0.3) is 0 Å². The molecule has 1 fully saturated rings. The van der Waals surface area contributed by atoms with Crippen LogP contribution >= 0.6 is 24.0 Å². The fraction of sp³-hybridized carbons (Fsp3) is 0.929.